The highest BCUT2D eigenvalue weighted by Gasteiger charge is 2.21. The maximum atomic E-state index is 11.8. The molecular formula is C10H16ClN3OS. The summed E-state index contributed by atoms with van der Waals surface area (Å²) in [6.45, 7) is 3.86. The molecule has 4 nitrogen and oxygen atoms in total. The van der Waals surface area contributed by atoms with E-state index in [-0.39, 0.29) is 24.2 Å². The molecule has 16 heavy (non-hydrogen) atoms. The second-order valence-corrected chi connectivity index (χ2v) is 5.02. The third-order valence-corrected chi connectivity index (χ3v) is 3.39. The molecule has 0 aliphatic carbocycles. The summed E-state index contributed by atoms with van der Waals surface area (Å²) < 4.78 is 0. The quantitative estimate of drug-likeness (QED) is 0.854. The number of thiazole rings is 1. The average Bonchev–Trinajstić information content (AvgIpc) is 2.65. The van der Waals surface area contributed by atoms with E-state index in [0.29, 0.717) is 0 Å². The minimum Gasteiger partial charge on any atom is -0.317 e. The molecule has 6 heteroatoms. The van der Waals surface area contributed by atoms with Crippen molar-refractivity contribution in [2.24, 2.45) is 5.92 Å². The summed E-state index contributed by atoms with van der Waals surface area (Å²) in [5.74, 6) is 0.265. The molecule has 90 valence electrons. The number of amides is 1. The van der Waals surface area contributed by atoms with E-state index in [0.717, 1.165) is 35.9 Å². The van der Waals surface area contributed by atoms with E-state index in [2.05, 4.69) is 15.6 Å². The van der Waals surface area contributed by atoms with Crippen molar-refractivity contribution in [3.8, 4) is 0 Å². The number of anilines is 1. The minimum absolute atomic E-state index is 0. The van der Waals surface area contributed by atoms with Gasteiger partial charge in [-0.2, -0.15) is 0 Å². The summed E-state index contributed by atoms with van der Waals surface area (Å²) >= 11 is 1.52. The molecule has 0 radical (unpaired) electrons. The van der Waals surface area contributed by atoms with Gasteiger partial charge in [0, 0.05) is 17.0 Å². The van der Waals surface area contributed by atoms with Gasteiger partial charge in [-0.3, -0.25) is 4.79 Å². The van der Waals surface area contributed by atoms with Gasteiger partial charge in [-0.25, -0.2) is 4.98 Å². The number of rotatable bonds is 2. The normalized spacial score (nSPS) is 16.6. The Balaban J connectivity index is 0.00000128. The number of hydrogen-bond acceptors (Lipinski definition) is 4. The molecular weight excluding hydrogens is 246 g/mol. The van der Waals surface area contributed by atoms with E-state index in [4.69, 9.17) is 0 Å². The number of carbonyl (C=O) groups is 1. The monoisotopic (exact) mass is 261 g/mol. The van der Waals surface area contributed by atoms with Crippen LogP contribution in [0.4, 0.5) is 5.13 Å². The summed E-state index contributed by atoms with van der Waals surface area (Å²) in [7, 11) is 0. The van der Waals surface area contributed by atoms with Crippen molar-refractivity contribution in [1.82, 2.24) is 10.3 Å². The van der Waals surface area contributed by atoms with Crippen molar-refractivity contribution in [3.05, 3.63) is 11.1 Å². The summed E-state index contributed by atoms with van der Waals surface area (Å²) in [6.07, 6.45) is 3.63. The highest BCUT2D eigenvalue weighted by atomic mass is 35.5. The Morgan fingerprint density at radius 2 is 2.25 bits per heavy atom. The van der Waals surface area contributed by atoms with Crippen LogP contribution in [0.5, 0.6) is 0 Å². The van der Waals surface area contributed by atoms with Crippen LogP contribution < -0.4 is 10.6 Å². The van der Waals surface area contributed by atoms with Crippen molar-refractivity contribution in [1.29, 1.82) is 0 Å². The lowest BCUT2D eigenvalue weighted by atomic mass is 9.97. The number of halogens is 1. The molecule has 0 aromatic carbocycles. The van der Waals surface area contributed by atoms with Crippen LogP contribution in [-0.2, 0) is 4.79 Å². The molecule has 1 amide bonds. The maximum absolute atomic E-state index is 11.8. The van der Waals surface area contributed by atoms with Crippen molar-refractivity contribution >= 4 is 34.8 Å². The number of hydrogen-bond donors (Lipinski definition) is 2. The molecule has 0 unspecified atom stereocenters. The van der Waals surface area contributed by atoms with Crippen LogP contribution in [0.2, 0.25) is 0 Å². The molecule has 0 saturated carbocycles. The van der Waals surface area contributed by atoms with Gasteiger partial charge in [0.15, 0.2) is 5.13 Å². The predicted octanol–water partition coefficient (Wildman–Crippen LogP) is 1.81. The molecule has 2 heterocycles. The van der Waals surface area contributed by atoms with Gasteiger partial charge in [0.1, 0.15) is 0 Å². The molecule has 0 spiro atoms. The zero-order valence-corrected chi connectivity index (χ0v) is 10.8. The zero-order chi connectivity index (χ0) is 10.7. The minimum atomic E-state index is 0. The van der Waals surface area contributed by atoms with Crippen LogP contribution in [-0.4, -0.2) is 24.0 Å². The van der Waals surface area contributed by atoms with Crippen LogP contribution >= 0.6 is 23.7 Å². The maximum Gasteiger partial charge on any atom is 0.229 e. The van der Waals surface area contributed by atoms with E-state index >= 15 is 0 Å². The van der Waals surface area contributed by atoms with Gasteiger partial charge in [0.25, 0.3) is 0 Å². The van der Waals surface area contributed by atoms with E-state index in [1.54, 1.807) is 6.20 Å². The second-order valence-electron chi connectivity index (χ2n) is 3.79. The smallest absolute Gasteiger partial charge is 0.229 e. The molecule has 1 aromatic rings. The third kappa shape index (κ3) is 3.43. The van der Waals surface area contributed by atoms with Crippen LogP contribution in [0.25, 0.3) is 0 Å². The van der Waals surface area contributed by atoms with Crippen LogP contribution in [0.1, 0.15) is 17.7 Å². The molecule has 0 atom stereocenters. The lowest BCUT2D eigenvalue weighted by Gasteiger charge is -2.20. The third-order valence-electron chi connectivity index (χ3n) is 2.56. The molecule has 1 saturated heterocycles. The molecule has 2 rings (SSSR count). The van der Waals surface area contributed by atoms with Gasteiger partial charge in [-0.15, -0.1) is 23.7 Å². The highest BCUT2D eigenvalue weighted by molar-refractivity contribution is 7.15. The largest absolute Gasteiger partial charge is 0.317 e. The summed E-state index contributed by atoms with van der Waals surface area (Å²) in [5.41, 5.74) is 0. The lowest BCUT2D eigenvalue weighted by Crippen LogP contribution is -2.34. The topological polar surface area (TPSA) is 54.0 Å². The summed E-state index contributed by atoms with van der Waals surface area (Å²) in [6, 6.07) is 0. The average molecular weight is 262 g/mol. The van der Waals surface area contributed by atoms with E-state index in [1.807, 2.05) is 6.92 Å². The van der Waals surface area contributed by atoms with Crippen molar-refractivity contribution in [2.75, 3.05) is 18.4 Å². The van der Waals surface area contributed by atoms with Crippen LogP contribution in [0.3, 0.4) is 0 Å². The standard InChI is InChI=1S/C10H15N3OS.ClH/c1-7-6-12-10(15-7)13-9(14)8-2-4-11-5-3-8;/h6,8,11H,2-5H2,1H3,(H,12,13,14);1H. The number of nitrogens with zero attached hydrogens (tertiary/aromatic N) is 1. The van der Waals surface area contributed by atoms with Gasteiger partial charge in [-0.05, 0) is 32.9 Å². The van der Waals surface area contributed by atoms with Crippen LogP contribution in [0.15, 0.2) is 6.20 Å². The fraction of sp³-hybridized carbons (Fsp3) is 0.600. The predicted molar refractivity (Wildman–Crippen MR) is 68.3 cm³/mol. The van der Waals surface area contributed by atoms with E-state index in [1.165, 1.54) is 11.3 Å². The fourth-order valence-electron chi connectivity index (χ4n) is 1.70. The Morgan fingerprint density at radius 3 is 2.81 bits per heavy atom. The summed E-state index contributed by atoms with van der Waals surface area (Å²) in [5, 5.41) is 6.84. The van der Waals surface area contributed by atoms with Crippen molar-refractivity contribution in [3.63, 3.8) is 0 Å². The Bertz CT molecular complexity index is 350. The summed E-state index contributed by atoms with van der Waals surface area (Å²) in [4.78, 5) is 17.0. The van der Waals surface area contributed by atoms with Gasteiger partial charge < -0.3 is 10.6 Å². The Labute approximate surface area is 105 Å². The number of piperidine rings is 1. The molecule has 1 fully saturated rings. The number of aryl methyl sites for hydroxylation is 1. The molecule has 1 aliphatic rings. The van der Waals surface area contributed by atoms with Gasteiger partial charge in [0.2, 0.25) is 5.91 Å². The van der Waals surface area contributed by atoms with E-state index < -0.39 is 0 Å². The van der Waals surface area contributed by atoms with Gasteiger partial charge in [0.05, 0.1) is 0 Å². The Hall–Kier alpha value is -0.650. The van der Waals surface area contributed by atoms with Crippen LogP contribution in [0, 0.1) is 12.8 Å². The first-order valence-electron chi connectivity index (χ1n) is 5.20. The molecule has 1 aromatic heterocycles. The van der Waals surface area contributed by atoms with Crippen molar-refractivity contribution in [2.45, 2.75) is 19.8 Å². The lowest BCUT2D eigenvalue weighted by molar-refractivity contribution is -0.120. The van der Waals surface area contributed by atoms with Crippen molar-refractivity contribution < 1.29 is 4.79 Å². The Kier molecular flexibility index (Phi) is 5.18. The van der Waals surface area contributed by atoms with Gasteiger partial charge in [-0.1, -0.05) is 0 Å². The first-order chi connectivity index (χ1) is 7.25. The zero-order valence-electron chi connectivity index (χ0n) is 9.16. The SMILES string of the molecule is Cc1cnc(NC(=O)C2CCNCC2)s1.Cl. The van der Waals surface area contributed by atoms with E-state index in [9.17, 15) is 4.79 Å². The second kappa shape index (κ2) is 6.18. The van der Waals surface area contributed by atoms with Gasteiger partial charge >= 0.3 is 0 Å². The first kappa shape index (κ1) is 13.4. The first-order valence-corrected chi connectivity index (χ1v) is 6.01. The molecule has 2 N–H and O–H groups in total. The Morgan fingerprint density at radius 1 is 1.56 bits per heavy atom. The molecule has 0 bridgehead atoms. The number of nitrogens with one attached hydrogen (secondary N) is 2. The number of carbonyl (C=O) groups excluding carboxylic acids is 1. The fourth-order valence-corrected chi connectivity index (χ4v) is 2.37. The highest BCUT2D eigenvalue weighted by Crippen LogP contribution is 2.19. The number of aromatic nitrogens is 1. The molecule has 1 aliphatic heterocycles.